The molecule has 2 heterocycles. The van der Waals surface area contributed by atoms with Gasteiger partial charge in [-0.1, -0.05) is 12.8 Å². The van der Waals surface area contributed by atoms with E-state index in [1.54, 1.807) is 24.3 Å². The zero-order valence-corrected chi connectivity index (χ0v) is 16.2. The molecule has 8 nitrogen and oxygen atoms in total. The van der Waals surface area contributed by atoms with Crippen LogP contribution in [0.4, 0.5) is 11.4 Å². The molecule has 0 saturated carbocycles. The fourth-order valence-corrected chi connectivity index (χ4v) is 3.65. The van der Waals surface area contributed by atoms with E-state index in [2.05, 4.69) is 0 Å². The molecule has 0 aliphatic carbocycles. The minimum atomic E-state index is -0.724. The first-order chi connectivity index (χ1) is 14.5. The average molecular weight is 408 g/mol. The summed E-state index contributed by atoms with van der Waals surface area (Å²) in [5.41, 5.74) is 0.262. The fourth-order valence-electron chi connectivity index (χ4n) is 3.65. The summed E-state index contributed by atoms with van der Waals surface area (Å²) in [6.07, 6.45) is 4.19. The third-order valence-electron chi connectivity index (χ3n) is 5.16. The summed E-state index contributed by atoms with van der Waals surface area (Å²) in [6.45, 7) is 1.51. The molecule has 0 unspecified atom stereocenters. The Bertz CT molecular complexity index is 1160. The number of benzene rings is 2. The third kappa shape index (κ3) is 4.17. The first-order valence-corrected chi connectivity index (χ1v) is 9.81. The number of anilines is 1. The average Bonchev–Trinajstić information content (AvgIpc) is 3.02. The van der Waals surface area contributed by atoms with E-state index >= 15 is 0 Å². The standard InChI is InChI=1S/C22H20N2O6/c25-21-10-7-15-5-8-17(14-20(15)30-21)29-22(26)16-6-9-18(19(13-16)24(27)28)23-11-3-1-2-4-12-23/h5-10,13-14H,1-4,11-12H2. The van der Waals surface area contributed by atoms with E-state index in [4.69, 9.17) is 9.15 Å². The quantitative estimate of drug-likeness (QED) is 0.208. The Hall–Kier alpha value is -3.68. The van der Waals surface area contributed by atoms with Crippen molar-refractivity contribution in [1.82, 2.24) is 0 Å². The molecule has 1 aliphatic rings. The number of hydrogen-bond acceptors (Lipinski definition) is 7. The van der Waals surface area contributed by atoms with Crippen molar-refractivity contribution in [1.29, 1.82) is 0 Å². The first kappa shape index (κ1) is 19.6. The van der Waals surface area contributed by atoms with Crippen LogP contribution in [-0.4, -0.2) is 24.0 Å². The van der Waals surface area contributed by atoms with Crippen LogP contribution in [0.25, 0.3) is 11.0 Å². The molecule has 1 aliphatic heterocycles. The molecule has 0 atom stereocenters. The van der Waals surface area contributed by atoms with Crippen molar-refractivity contribution in [3.8, 4) is 5.75 Å². The van der Waals surface area contributed by atoms with Gasteiger partial charge in [0.25, 0.3) is 5.69 Å². The van der Waals surface area contributed by atoms with Gasteiger partial charge < -0.3 is 14.1 Å². The number of ether oxygens (including phenoxy) is 1. The van der Waals surface area contributed by atoms with Gasteiger partial charge in [-0.25, -0.2) is 9.59 Å². The second-order valence-corrected chi connectivity index (χ2v) is 7.21. The Labute approximate surface area is 171 Å². The molecule has 154 valence electrons. The van der Waals surface area contributed by atoms with Crippen molar-refractivity contribution >= 4 is 28.3 Å². The van der Waals surface area contributed by atoms with Gasteiger partial charge in [0.2, 0.25) is 0 Å². The highest BCUT2D eigenvalue weighted by atomic mass is 16.6. The van der Waals surface area contributed by atoms with E-state index in [1.807, 2.05) is 4.90 Å². The van der Waals surface area contributed by atoms with Crippen LogP contribution in [0.1, 0.15) is 36.0 Å². The highest BCUT2D eigenvalue weighted by molar-refractivity contribution is 5.93. The highest BCUT2D eigenvalue weighted by Crippen LogP contribution is 2.31. The Balaban J connectivity index is 1.60. The minimum absolute atomic E-state index is 0.0786. The number of rotatable bonds is 4. The number of carbonyl (C=O) groups is 1. The van der Waals surface area contributed by atoms with Gasteiger partial charge in [0.05, 0.1) is 10.5 Å². The zero-order valence-electron chi connectivity index (χ0n) is 16.2. The highest BCUT2D eigenvalue weighted by Gasteiger charge is 2.23. The van der Waals surface area contributed by atoms with Crippen LogP contribution in [-0.2, 0) is 0 Å². The van der Waals surface area contributed by atoms with E-state index in [9.17, 15) is 19.7 Å². The summed E-state index contributed by atoms with van der Waals surface area (Å²) < 4.78 is 10.4. The smallest absolute Gasteiger partial charge is 0.343 e. The SMILES string of the molecule is O=C(Oc1ccc2ccc(=O)oc2c1)c1ccc(N2CCCCCC2)c([N+](=O)[O-])c1. The summed E-state index contributed by atoms with van der Waals surface area (Å²) in [4.78, 5) is 37.1. The van der Waals surface area contributed by atoms with E-state index in [0.717, 1.165) is 38.8 Å². The first-order valence-electron chi connectivity index (χ1n) is 9.81. The van der Waals surface area contributed by atoms with Crippen LogP contribution < -0.4 is 15.3 Å². The van der Waals surface area contributed by atoms with Gasteiger partial charge in [0, 0.05) is 36.7 Å². The lowest BCUT2D eigenvalue weighted by Crippen LogP contribution is -2.25. The molecule has 1 saturated heterocycles. The molecule has 2 aromatic carbocycles. The molecule has 30 heavy (non-hydrogen) atoms. The van der Waals surface area contributed by atoms with Crippen LogP contribution in [0.5, 0.6) is 5.75 Å². The second-order valence-electron chi connectivity index (χ2n) is 7.21. The topological polar surface area (TPSA) is 103 Å². The van der Waals surface area contributed by atoms with Gasteiger partial charge >= 0.3 is 11.6 Å². The Morgan fingerprint density at radius 2 is 1.73 bits per heavy atom. The van der Waals surface area contributed by atoms with Crippen molar-refractivity contribution in [3.05, 3.63) is 74.6 Å². The monoisotopic (exact) mass is 408 g/mol. The van der Waals surface area contributed by atoms with E-state index in [-0.39, 0.29) is 22.6 Å². The van der Waals surface area contributed by atoms with Crippen molar-refractivity contribution in [2.45, 2.75) is 25.7 Å². The van der Waals surface area contributed by atoms with E-state index in [0.29, 0.717) is 11.1 Å². The molecule has 1 aromatic heterocycles. The number of hydrogen-bond donors (Lipinski definition) is 0. The van der Waals surface area contributed by atoms with Gasteiger partial charge in [-0.3, -0.25) is 10.1 Å². The molecule has 0 spiro atoms. The van der Waals surface area contributed by atoms with Crippen LogP contribution in [0.15, 0.2) is 57.7 Å². The van der Waals surface area contributed by atoms with Gasteiger partial charge in [0.15, 0.2) is 0 Å². The number of nitrogens with zero attached hydrogens (tertiary/aromatic N) is 2. The van der Waals surface area contributed by atoms with Crippen molar-refractivity contribution < 1.29 is 18.9 Å². The van der Waals surface area contributed by atoms with Crippen molar-refractivity contribution in [2.75, 3.05) is 18.0 Å². The third-order valence-corrected chi connectivity index (χ3v) is 5.16. The van der Waals surface area contributed by atoms with Crippen LogP contribution >= 0.6 is 0 Å². The predicted octanol–water partition coefficient (Wildman–Crippen LogP) is 4.30. The molecule has 3 aromatic rings. The number of nitro groups is 1. The second kappa shape index (κ2) is 8.36. The van der Waals surface area contributed by atoms with Crippen molar-refractivity contribution in [2.24, 2.45) is 0 Å². The summed E-state index contributed by atoms with van der Waals surface area (Å²) >= 11 is 0. The molecule has 0 bridgehead atoms. The molecule has 4 rings (SSSR count). The molecular weight excluding hydrogens is 388 g/mol. The summed E-state index contributed by atoms with van der Waals surface area (Å²) in [5.74, 6) is -0.542. The van der Waals surface area contributed by atoms with Gasteiger partial charge in [-0.05, 0) is 43.2 Å². The Kier molecular flexibility index (Phi) is 5.47. The maximum absolute atomic E-state index is 12.6. The largest absolute Gasteiger partial charge is 0.423 e. The van der Waals surface area contributed by atoms with Gasteiger partial charge in [-0.15, -0.1) is 0 Å². The number of fused-ring (bicyclic) bond motifs is 1. The molecule has 0 amide bonds. The summed E-state index contributed by atoms with van der Waals surface area (Å²) in [5, 5.41) is 12.3. The summed E-state index contributed by atoms with van der Waals surface area (Å²) in [6, 6.07) is 12.0. The number of carbonyl (C=O) groups excluding carboxylic acids is 1. The lowest BCUT2D eigenvalue weighted by atomic mass is 10.1. The Morgan fingerprint density at radius 3 is 2.47 bits per heavy atom. The molecular formula is C22H20N2O6. The minimum Gasteiger partial charge on any atom is -0.423 e. The maximum atomic E-state index is 12.6. The maximum Gasteiger partial charge on any atom is 0.343 e. The lowest BCUT2D eigenvalue weighted by Gasteiger charge is -2.22. The van der Waals surface area contributed by atoms with Crippen LogP contribution in [0, 0.1) is 10.1 Å². The molecule has 1 fully saturated rings. The van der Waals surface area contributed by atoms with Crippen molar-refractivity contribution in [3.63, 3.8) is 0 Å². The molecule has 0 N–H and O–H groups in total. The lowest BCUT2D eigenvalue weighted by molar-refractivity contribution is -0.384. The van der Waals surface area contributed by atoms with Crippen LogP contribution in [0.3, 0.4) is 0 Å². The zero-order chi connectivity index (χ0) is 21.1. The summed E-state index contributed by atoms with van der Waals surface area (Å²) in [7, 11) is 0. The molecule has 8 heteroatoms. The van der Waals surface area contributed by atoms with E-state index in [1.165, 1.54) is 24.3 Å². The van der Waals surface area contributed by atoms with Gasteiger partial charge in [-0.2, -0.15) is 0 Å². The van der Waals surface area contributed by atoms with E-state index < -0.39 is 16.5 Å². The normalized spacial score (nSPS) is 14.3. The Morgan fingerprint density at radius 1 is 1.00 bits per heavy atom. The number of nitro benzene ring substituents is 1. The fraction of sp³-hybridized carbons (Fsp3) is 0.273. The van der Waals surface area contributed by atoms with Crippen LogP contribution in [0.2, 0.25) is 0 Å². The van der Waals surface area contributed by atoms with Gasteiger partial charge in [0.1, 0.15) is 17.0 Å². The molecule has 0 radical (unpaired) electrons. The predicted molar refractivity (Wildman–Crippen MR) is 111 cm³/mol. The number of esters is 1.